The lowest BCUT2D eigenvalue weighted by Crippen LogP contribution is -2.52. The van der Waals surface area contributed by atoms with Crippen LogP contribution in [-0.2, 0) is 20.9 Å². The summed E-state index contributed by atoms with van der Waals surface area (Å²) in [7, 11) is 1.59. The highest BCUT2D eigenvalue weighted by Gasteiger charge is 2.39. The number of hydrogen-bond acceptors (Lipinski definition) is 6. The first-order valence-electron chi connectivity index (χ1n) is 7.44. The zero-order valence-electron chi connectivity index (χ0n) is 13.0. The number of piperidine rings is 1. The molecule has 24 heavy (non-hydrogen) atoms. The Morgan fingerprint density at radius 2 is 2.17 bits per heavy atom. The van der Waals surface area contributed by atoms with E-state index in [1.54, 1.807) is 19.2 Å². The largest absolute Gasteiger partial charge is 0.480 e. The molecule has 1 aromatic heterocycles. The molecule has 2 aliphatic rings. The molecule has 1 fully saturated rings. The Morgan fingerprint density at radius 1 is 1.42 bits per heavy atom. The van der Waals surface area contributed by atoms with E-state index < -0.39 is 17.9 Å². The van der Waals surface area contributed by atoms with Crippen LogP contribution >= 0.6 is 0 Å². The fraction of sp³-hybridized carbons (Fsp3) is 0.400. The Kier molecular flexibility index (Phi) is 3.92. The van der Waals surface area contributed by atoms with Crippen molar-refractivity contribution in [2.45, 2.75) is 25.4 Å². The van der Waals surface area contributed by atoms with Gasteiger partial charge in [0.2, 0.25) is 11.8 Å². The number of hydrogen-bond donors (Lipinski definition) is 2. The first-order chi connectivity index (χ1) is 11.4. The van der Waals surface area contributed by atoms with Crippen molar-refractivity contribution in [3.63, 3.8) is 0 Å². The maximum atomic E-state index is 12.5. The number of carboxylic acids is 1. The Balaban J connectivity index is 1.81. The molecule has 0 bridgehead atoms. The summed E-state index contributed by atoms with van der Waals surface area (Å²) in [5.74, 6) is -1.67. The van der Waals surface area contributed by atoms with Gasteiger partial charge in [0.05, 0.1) is 17.8 Å². The van der Waals surface area contributed by atoms with Gasteiger partial charge in [-0.05, 0) is 18.6 Å². The molecule has 0 radical (unpaired) electrons. The highest BCUT2D eigenvalue weighted by molar-refractivity contribution is 6.05. The van der Waals surface area contributed by atoms with Crippen LogP contribution in [0.2, 0.25) is 0 Å². The van der Waals surface area contributed by atoms with Crippen LogP contribution < -0.4 is 10.2 Å². The number of aromatic nitrogens is 1. The zero-order chi connectivity index (χ0) is 17.4. The number of imide groups is 1. The minimum Gasteiger partial charge on any atom is -0.480 e. The van der Waals surface area contributed by atoms with Gasteiger partial charge in [0.1, 0.15) is 18.4 Å². The number of carbonyl (C=O) groups excluding carboxylic acids is 3. The maximum absolute atomic E-state index is 12.5. The van der Waals surface area contributed by atoms with Crippen molar-refractivity contribution in [2.24, 2.45) is 0 Å². The molecule has 2 aliphatic heterocycles. The van der Waals surface area contributed by atoms with Gasteiger partial charge in [0.25, 0.3) is 5.91 Å². The molecule has 0 spiro atoms. The van der Waals surface area contributed by atoms with Crippen molar-refractivity contribution in [3.8, 4) is 0 Å². The lowest BCUT2D eigenvalue weighted by Gasteiger charge is -2.29. The fourth-order valence-electron chi connectivity index (χ4n) is 2.92. The quantitative estimate of drug-likeness (QED) is 0.704. The lowest BCUT2D eigenvalue weighted by atomic mass is 10.0. The molecule has 3 heterocycles. The number of fused-ring (bicyclic) bond motifs is 1. The van der Waals surface area contributed by atoms with Crippen LogP contribution in [0.25, 0.3) is 0 Å². The van der Waals surface area contributed by atoms with E-state index in [0.29, 0.717) is 17.1 Å². The number of aliphatic carboxylic acids is 1. The molecule has 3 rings (SSSR count). The minimum absolute atomic E-state index is 0.162. The van der Waals surface area contributed by atoms with Crippen LogP contribution in [0.1, 0.15) is 28.9 Å². The second-order valence-corrected chi connectivity index (χ2v) is 5.81. The molecule has 1 aromatic rings. The van der Waals surface area contributed by atoms with Gasteiger partial charge in [-0.2, -0.15) is 0 Å². The van der Waals surface area contributed by atoms with Crippen molar-refractivity contribution in [1.29, 1.82) is 0 Å². The third-order valence-electron chi connectivity index (χ3n) is 4.12. The molecular weight excluding hydrogens is 316 g/mol. The molecule has 3 amide bonds. The number of carboxylic acid groups (broad SMARTS) is 1. The number of nitrogens with one attached hydrogen (secondary N) is 1. The zero-order valence-corrected chi connectivity index (χ0v) is 13.0. The van der Waals surface area contributed by atoms with Crippen LogP contribution in [0.4, 0.5) is 5.82 Å². The number of nitrogens with zero attached hydrogens (tertiary/aromatic N) is 3. The summed E-state index contributed by atoms with van der Waals surface area (Å²) in [6, 6.07) is 2.47. The number of carbonyl (C=O) groups is 4. The summed E-state index contributed by atoms with van der Waals surface area (Å²) in [6.07, 6.45) is 0.479. The molecule has 1 atom stereocenters. The van der Waals surface area contributed by atoms with E-state index in [1.807, 2.05) is 0 Å². The van der Waals surface area contributed by atoms with Crippen LogP contribution in [0, 0.1) is 0 Å². The predicted molar refractivity (Wildman–Crippen MR) is 81.2 cm³/mol. The van der Waals surface area contributed by atoms with Gasteiger partial charge < -0.3 is 14.9 Å². The standard InChI is InChI=1S/C15H16N4O5/c1-18(7-13(21)22)11-4-2-8-9(16-11)6-19(15(8)24)10-3-5-12(20)17-14(10)23/h2,4,10H,3,5-7H2,1H3,(H,21,22)(H,17,20,23). The summed E-state index contributed by atoms with van der Waals surface area (Å²) in [5.41, 5.74) is 0.895. The SMILES string of the molecule is CN(CC(=O)O)c1ccc2c(n1)CN(C1CCC(=O)NC1=O)C2=O. The molecule has 0 saturated carbocycles. The van der Waals surface area contributed by atoms with Crippen molar-refractivity contribution < 1.29 is 24.3 Å². The summed E-state index contributed by atoms with van der Waals surface area (Å²) in [5, 5.41) is 11.1. The summed E-state index contributed by atoms with van der Waals surface area (Å²) in [6.45, 7) is -0.0498. The van der Waals surface area contributed by atoms with Gasteiger partial charge in [-0.3, -0.25) is 24.5 Å². The van der Waals surface area contributed by atoms with E-state index in [9.17, 15) is 19.2 Å². The number of amides is 3. The lowest BCUT2D eigenvalue weighted by molar-refractivity contribution is -0.137. The van der Waals surface area contributed by atoms with E-state index in [0.717, 1.165) is 0 Å². The Bertz CT molecular complexity index is 747. The molecule has 1 saturated heterocycles. The minimum atomic E-state index is -0.985. The monoisotopic (exact) mass is 332 g/mol. The van der Waals surface area contributed by atoms with Crippen LogP contribution in [0.5, 0.6) is 0 Å². The van der Waals surface area contributed by atoms with Gasteiger partial charge in [0.15, 0.2) is 0 Å². The molecule has 9 nitrogen and oxygen atoms in total. The van der Waals surface area contributed by atoms with Gasteiger partial charge in [0, 0.05) is 13.5 Å². The van der Waals surface area contributed by atoms with Gasteiger partial charge in [-0.25, -0.2) is 4.98 Å². The molecule has 0 aromatic carbocycles. The third-order valence-corrected chi connectivity index (χ3v) is 4.12. The molecule has 2 N–H and O–H groups in total. The van der Waals surface area contributed by atoms with Crippen molar-refractivity contribution in [3.05, 3.63) is 23.4 Å². The Labute approximate surface area is 137 Å². The van der Waals surface area contributed by atoms with Gasteiger partial charge in [-0.1, -0.05) is 0 Å². The molecule has 0 aliphatic carbocycles. The summed E-state index contributed by atoms with van der Waals surface area (Å²) < 4.78 is 0. The van der Waals surface area contributed by atoms with Crippen LogP contribution in [0.3, 0.4) is 0 Å². The summed E-state index contributed by atoms with van der Waals surface area (Å²) in [4.78, 5) is 53.7. The van der Waals surface area contributed by atoms with Gasteiger partial charge in [-0.15, -0.1) is 0 Å². The highest BCUT2D eigenvalue weighted by Crippen LogP contribution is 2.27. The normalized spacial score (nSPS) is 20.0. The molecular formula is C15H16N4O5. The van der Waals surface area contributed by atoms with Crippen molar-refractivity contribution in [2.75, 3.05) is 18.5 Å². The average molecular weight is 332 g/mol. The van der Waals surface area contributed by atoms with E-state index >= 15 is 0 Å². The number of pyridine rings is 1. The topological polar surface area (TPSA) is 120 Å². The Morgan fingerprint density at radius 3 is 2.83 bits per heavy atom. The average Bonchev–Trinajstić information content (AvgIpc) is 2.83. The predicted octanol–water partition coefficient (Wildman–Crippen LogP) is -0.637. The Hall–Kier alpha value is -2.97. The maximum Gasteiger partial charge on any atom is 0.323 e. The van der Waals surface area contributed by atoms with Crippen LogP contribution in [-0.4, -0.2) is 58.3 Å². The molecule has 126 valence electrons. The molecule has 9 heteroatoms. The van der Waals surface area contributed by atoms with E-state index in [2.05, 4.69) is 10.3 Å². The first kappa shape index (κ1) is 15.9. The van der Waals surface area contributed by atoms with Crippen molar-refractivity contribution in [1.82, 2.24) is 15.2 Å². The van der Waals surface area contributed by atoms with E-state index in [4.69, 9.17) is 5.11 Å². The number of likely N-dealkylation sites (N-methyl/N-ethyl adjacent to an activating group) is 1. The molecule has 1 unspecified atom stereocenters. The third kappa shape index (κ3) is 2.80. The first-order valence-corrected chi connectivity index (χ1v) is 7.44. The second kappa shape index (κ2) is 5.91. The van der Waals surface area contributed by atoms with Crippen molar-refractivity contribution >= 4 is 29.5 Å². The smallest absolute Gasteiger partial charge is 0.323 e. The fourth-order valence-corrected chi connectivity index (χ4v) is 2.92. The second-order valence-electron chi connectivity index (χ2n) is 5.81. The van der Waals surface area contributed by atoms with Gasteiger partial charge >= 0.3 is 5.97 Å². The van der Waals surface area contributed by atoms with E-state index in [1.165, 1.54) is 9.80 Å². The van der Waals surface area contributed by atoms with E-state index in [-0.39, 0.29) is 37.7 Å². The highest BCUT2D eigenvalue weighted by atomic mass is 16.4. The number of anilines is 1. The van der Waals surface area contributed by atoms with Crippen LogP contribution in [0.15, 0.2) is 12.1 Å². The summed E-state index contributed by atoms with van der Waals surface area (Å²) >= 11 is 0. The number of rotatable bonds is 4.